The molecule has 7 nitrogen and oxygen atoms in total. The van der Waals surface area contributed by atoms with Crippen LogP contribution in [0.4, 0.5) is 30.7 Å². The van der Waals surface area contributed by atoms with Gasteiger partial charge in [0.2, 0.25) is 5.69 Å². The molecule has 0 bridgehead atoms. The number of carbonyl (C=O) groups is 1. The van der Waals surface area contributed by atoms with E-state index < -0.39 is 64.4 Å². The van der Waals surface area contributed by atoms with E-state index in [1.54, 1.807) is 0 Å². The van der Waals surface area contributed by atoms with Crippen LogP contribution in [0.3, 0.4) is 0 Å². The Balaban J connectivity index is 2.16. The van der Waals surface area contributed by atoms with E-state index in [1.807, 2.05) is 0 Å². The first-order valence-corrected chi connectivity index (χ1v) is 7.74. The fraction of sp³-hybridized carbons (Fsp3) is 0.188. The summed E-state index contributed by atoms with van der Waals surface area (Å²) in [6, 6.07) is 5.79. The van der Waals surface area contributed by atoms with Crippen LogP contribution in [0, 0.1) is 0 Å². The van der Waals surface area contributed by atoms with Gasteiger partial charge in [-0.15, -0.1) is 13.2 Å². The number of aromatic nitrogens is 2. The maximum atomic E-state index is 15.2. The number of benzene rings is 1. The fourth-order valence-electron chi connectivity index (χ4n) is 2.60. The maximum absolute atomic E-state index is 15.2. The van der Waals surface area contributed by atoms with Crippen molar-refractivity contribution < 1.29 is 50.0 Å². The molecule has 1 aromatic carbocycles. The highest BCUT2D eigenvalue weighted by atomic mass is 19.4. The van der Waals surface area contributed by atoms with Crippen molar-refractivity contribution in [3.8, 4) is 5.88 Å². The second-order valence-corrected chi connectivity index (χ2v) is 5.73. The molecular weight excluding hydrogens is 431 g/mol. The summed E-state index contributed by atoms with van der Waals surface area (Å²) in [4.78, 5) is 12.0. The minimum atomic E-state index is -5.87. The van der Waals surface area contributed by atoms with E-state index in [0.717, 1.165) is 12.1 Å². The monoisotopic (exact) mass is 439 g/mol. The number of halogens is 7. The molecule has 0 fully saturated rings. The van der Waals surface area contributed by atoms with Gasteiger partial charge in [-0.25, -0.2) is 26.9 Å². The van der Waals surface area contributed by atoms with Gasteiger partial charge in [-0.3, -0.25) is 4.79 Å². The fourth-order valence-corrected chi connectivity index (χ4v) is 2.60. The lowest BCUT2D eigenvalue weighted by Crippen LogP contribution is -2.52. The number of amides is 1. The average Bonchev–Trinajstić information content (AvgIpc) is 3.10. The molecule has 0 aliphatic heterocycles. The summed E-state index contributed by atoms with van der Waals surface area (Å²) < 4.78 is 105. The van der Waals surface area contributed by atoms with Crippen molar-refractivity contribution in [2.75, 3.05) is 0 Å². The zero-order valence-electron chi connectivity index (χ0n) is 14.2. The van der Waals surface area contributed by atoms with Crippen molar-refractivity contribution in [1.29, 1.82) is 0 Å². The zero-order chi connectivity index (χ0) is 22.3. The van der Waals surface area contributed by atoms with Gasteiger partial charge in [-0.1, -0.05) is 30.3 Å². The predicted molar refractivity (Wildman–Crippen MR) is 81.9 cm³/mol. The quantitative estimate of drug-likeness (QED) is 0.707. The van der Waals surface area contributed by atoms with Gasteiger partial charge in [0.05, 0.1) is 0 Å². The highest BCUT2D eigenvalue weighted by Gasteiger charge is 2.59. The van der Waals surface area contributed by atoms with Gasteiger partial charge < -0.3 is 10.4 Å². The van der Waals surface area contributed by atoms with Gasteiger partial charge in [0.15, 0.2) is 17.8 Å². The normalized spacial score (nSPS) is 22.4. The Morgan fingerprint density at radius 2 is 1.80 bits per heavy atom. The summed E-state index contributed by atoms with van der Waals surface area (Å²) >= 11 is 0. The number of nitrogens with one attached hydrogen (secondary N) is 1. The molecule has 30 heavy (non-hydrogen) atoms. The third-order valence-corrected chi connectivity index (χ3v) is 3.84. The summed E-state index contributed by atoms with van der Waals surface area (Å²) in [5.41, 5.74) is -5.19. The number of ether oxygens (including phenoxy) is 1. The Bertz CT molecular complexity index is 1030. The van der Waals surface area contributed by atoms with Gasteiger partial charge in [0, 0.05) is 5.57 Å². The van der Waals surface area contributed by atoms with Crippen molar-refractivity contribution in [1.82, 2.24) is 15.6 Å². The molecule has 0 saturated carbocycles. The molecule has 2 unspecified atom stereocenters. The predicted octanol–water partition coefficient (Wildman–Crippen LogP) is 3.62. The summed E-state index contributed by atoms with van der Waals surface area (Å²) in [6.45, 7) is 0. The number of hydrogen-bond donors (Lipinski definition) is 2. The topological polar surface area (TPSA) is 97.5 Å². The molecule has 160 valence electrons. The summed E-state index contributed by atoms with van der Waals surface area (Å²) in [5.74, 6) is -12.2. The highest BCUT2D eigenvalue weighted by molar-refractivity contribution is 5.95. The molecular formula is C16H8F7N3O4. The number of carbonyl (C=O) groups excluding carboxylic acids is 1. The lowest BCUT2D eigenvalue weighted by molar-refractivity contribution is -0.390. The molecule has 0 saturated heterocycles. The largest absolute Gasteiger partial charge is 0.525 e. The van der Waals surface area contributed by atoms with E-state index in [2.05, 4.69) is 19.7 Å². The number of rotatable bonds is 4. The number of hydrogen-bond acceptors (Lipinski definition) is 6. The van der Waals surface area contributed by atoms with E-state index in [4.69, 9.17) is 0 Å². The van der Waals surface area contributed by atoms with E-state index in [0.29, 0.717) is 0 Å². The first-order chi connectivity index (χ1) is 14.0. The summed E-state index contributed by atoms with van der Waals surface area (Å²) in [7, 11) is 0. The minimum Gasteiger partial charge on any atom is -0.489 e. The van der Waals surface area contributed by atoms with Crippen molar-refractivity contribution in [3.63, 3.8) is 0 Å². The van der Waals surface area contributed by atoms with Gasteiger partial charge >= 0.3 is 6.36 Å². The standard InChI is InChI=1S/C16H8F7N3O4/c17-8-7(6-4-2-1-3-5-6)11(19)15(20,29-16(21,22)23)12(9(8)18)24-13(27)10-14(28)26-30-25-10/h1-5,11H,(H,24,27)(H,26,28). The number of nitrogens with zero attached hydrogens (tertiary/aromatic N) is 2. The Morgan fingerprint density at radius 3 is 2.33 bits per heavy atom. The van der Waals surface area contributed by atoms with Crippen LogP contribution in [0.1, 0.15) is 16.1 Å². The SMILES string of the molecule is O=C(NC1=C(F)C(F)=C(c2ccccc2)C(F)C1(F)OC(F)(F)F)c1nonc1O. The van der Waals surface area contributed by atoms with Crippen molar-refractivity contribution >= 4 is 11.5 Å². The lowest BCUT2D eigenvalue weighted by atomic mass is 9.88. The summed E-state index contributed by atoms with van der Waals surface area (Å²) in [6.07, 6.45) is -9.44. The maximum Gasteiger partial charge on any atom is 0.525 e. The minimum absolute atomic E-state index is 0.478. The molecule has 0 spiro atoms. The Hall–Kier alpha value is -3.42. The molecule has 1 heterocycles. The number of aromatic hydroxyl groups is 1. The molecule has 1 aliphatic carbocycles. The molecule has 14 heteroatoms. The number of alkyl halides is 5. The second kappa shape index (κ2) is 7.44. The first kappa shape index (κ1) is 21.3. The van der Waals surface area contributed by atoms with E-state index in [1.165, 1.54) is 23.5 Å². The van der Waals surface area contributed by atoms with Crippen LogP contribution in [0.25, 0.3) is 5.57 Å². The first-order valence-electron chi connectivity index (χ1n) is 7.74. The molecule has 1 aliphatic rings. The second-order valence-electron chi connectivity index (χ2n) is 5.73. The molecule has 2 aromatic rings. The Morgan fingerprint density at radius 1 is 1.17 bits per heavy atom. The van der Waals surface area contributed by atoms with Crippen LogP contribution >= 0.6 is 0 Å². The van der Waals surface area contributed by atoms with Crippen LogP contribution in [0.15, 0.2) is 52.3 Å². The van der Waals surface area contributed by atoms with Gasteiger partial charge in [-0.2, -0.15) is 0 Å². The van der Waals surface area contributed by atoms with Crippen LogP contribution < -0.4 is 5.32 Å². The van der Waals surface area contributed by atoms with Crippen LogP contribution in [0.5, 0.6) is 5.88 Å². The third kappa shape index (κ3) is 3.72. The Labute approximate surface area is 161 Å². The van der Waals surface area contributed by atoms with E-state index in [9.17, 15) is 36.2 Å². The van der Waals surface area contributed by atoms with Crippen molar-refractivity contribution in [2.24, 2.45) is 0 Å². The van der Waals surface area contributed by atoms with Crippen LogP contribution in [-0.4, -0.2) is 39.7 Å². The lowest BCUT2D eigenvalue weighted by Gasteiger charge is -2.35. The molecule has 2 N–H and O–H groups in total. The zero-order valence-corrected chi connectivity index (χ0v) is 14.2. The third-order valence-electron chi connectivity index (χ3n) is 3.84. The van der Waals surface area contributed by atoms with Gasteiger partial charge in [0.1, 0.15) is 5.70 Å². The van der Waals surface area contributed by atoms with E-state index in [-0.39, 0.29) is 0 Å². The smallest absolute Gasteiger partial charge is 0.489 e. The van der Waals surface area contributed by atoms with Crippen LogP contribution in [-0.2, 0) is 4.74 Å². The van der Waals surface area contributed by atoms with Crippen molar-refractivity contribution in [3.05, 3.63) is 58.9 Å². The Kier molecular flexibility index (Phi) is 5.28. The molecule has 0 radical (unpaired) electrons. The molecule has 1 amide bonds. The summed E-state index contributed by atoms with van der Waals surface area (Å²) in [5, 5.41) is 16.0. The van der Waals surface area contributed by atoms with Gasteiger partial charge in [0.25, 0.3) is 17.6 Å². The van der Waals surface area contributed by atoms with Crippen molar-refractivity contribution in [2.45, 2.75) is 18.4 Å². The van der Waals surface area contributed by atoms with Crippen LogP contribution in [0.2, 0.25) is 0 Å². The number of allylic oxidation sites excluding steroid dienone is 2. The molecule has 1 aromatic heterocycles. The molecule has 3 rings (SSSR count). The highest BCUT2D eigenvalue weighted by Crippen LogP contribution is 2.48. The van der Waals surface area contributed by atoms with Gasteiger partial charge in [-0.05, 0) is 15.9 Å². The average molecular weight is 439 g/mol. The van der Waals surface area contributed by atoms with E-state index >= 15 is 4.39 Å². The molecule has 2 atom stereocenters.